The molecule has 30 heavy (non-hydrogen) atoms. The fourth-order valence-corrected chi connectivity index (χ4v) is 5.05. The number of aryl methyl sites for hydroxylation is 1. The van der Waals surface area contributed by atoms with Crippen LogP contribution in [0.15, 0.2) is 24.5 Å². The zero-order valence-corrected chi connectivity index (χ0v) is 20.4. The second-order valence-electron chi connectivity index (χ2n) is 9.82. The molecule has 1 unspecified atom stereocenters. The molecule has 0 radical (unpaired) electrons. The Hall–Kier alpha value is -0.890. The summed E-state index contributed by atoms with van der Waals surface area (Å²) in [5.74, 6) is 0. The molecule has 1 fully saturated rings. The van der Waals surface area contributed by atoms with E-state index in [0.717, 1.165) is 0 Å². The summed E-state index contributed by atoms with van der Waals surface area (Å²) in [6.45, 7) is 4.73. The van der Waals surface area contributed by atoms with E-state index < -0.39 is 0 Å². The minimum atomic E-state index is 0.642. The van der Waals surface area contributed by atoms with Gasteiger partial charge in [-0.2, -0.15) is 0 Å². The lowest BCUT2D eigenvalue weighted by Crippen LogP contribution is -2.34. The average molecular weight is 416 g/mol. The van der Waals surface area contributed by atoms with Crippen LogP contribution in [-0.4, -0.2) is 18.5 Å². The van der Waals surface area contributed by atoms with Crippen molar-refractivity contribution in [2.45, 2.75) is 135 Å². The molecule has 0 bridgehead atoms. The van der Waals surface area contributed by atoms with Gasteiger partial charge in [0.05, 0.1) is 0 Å². The Morgan fingerprint density at radius 1 is 0.800 bits per heavy atom. The summed E-state index contributed by atoms with van der Waals surface area (Å²) in [5.41, 5.74) is 1.51. The molecule has 0 saturated carbocycles. The fraction of sp³-hybridized carbons (Fsp3) is 0.821. The first-order chi connectivity index (χ1) is 14.8. The second kappa shape index (κ2) is 16.8. The normalized spacial score (nSPS) is 17.1. The summed E-state index contributed by atoms with van der Waals surface area (Å²) < 4.78 is 2.42. The van der Waals surface area contributed by atoms with Crippen molar-refractivity contribution in [3.63, 3.8) is 0 Å². The summed E-state index contributed by atoms with van der Waals surface area (Å²) in [5, 5.41) is 0. The van der Waals surface area contributed by atoms with Crippen molar-refractivity contribution in [1.29, 1.82) is 0 Å². The van der Waals surface area contributed by atoms with Crippen LogP contribution in [0.5, 0.6) is 0 Å². The molecule has 1 aromatic rings. The Bertz CT molecular complexity index is 527. The van der Waals surface area contributed by atoms with Crippen LogP contribution < -0.4 is 4.57 Å². The topological polar surface area (TPSA) is 7.12 Å². The summed E-state index contributed by atoms with van der Waals surface area (Å²) >= 11 is 0. The van der Waals surface area contributed by atoms with E-state index in [2.05, 4.69) is 48.0 Å². The van der Waals surface area contributed by atoms with Crippen molar-refractivity contribution in [3.05, 3.63) is 30.1 Å². The van der Waals surface area contributed by atoms with Crippen molar-refractivity contribution < 1.29 is 4.57 Å². The molecule has 0 spiro atoms. The molecule has 0 N–H and O–H groups in total. The third kappa shape index (κ3) is 10.9. The molecule has 172 valence electrons. The molecular formula is C28H51N2+. The molecule has 1 aromatic heterocycles. The monoisotopic (exact) mass is 415 g/mol. The minimum Gasteiger partial charge on any atom is -0.299 e. The third-order valence-corrected chi connectivity index (χ3v) is 7.06. The van der Waals surface area contributed by atoms with Crippen molar-refractivity contribution in [2.24, 2.45) is 0 Å². The van der Waals surface area contributed by atoms with Crippen molar-refractivity contribution in [1.82, 2.24) is 4.90 Å². The number of nitrogens with zero attached hydrogens (tertiary/aromatic N) is 2. The van der Waals surface area contributed by atoms with Gasteiger partial charge in [0.15, 0.2) is 12.4 Å². The maximum atomic E-state index is 2.51. The Kier molecular flexibility index (Phi) is 14.2. The quantitative estimate of drug-likeness (QED) is 0.174. The van der Waals surface area contributed by atoms with Gasteiger partial charge in [-0.25, -0.2) is 4.57 Å². The molecule has 1 aliphatic heterocycles. The molecule has 0 aromatic carbocycles. The maximum Gasteiger partial charge on any atom is 0.173 e. The summed E-state index contributed by atoms with van der Waals surface area (Å²) in [6.07, 6.45) is 30.4. The molecule has 1 saturated heterocycles. The van der Waals surface area contributed by atoms with Gasteiger partial charge in [0.1, 0.15) is 6.54 Å². The van der Waals surface area contributed by atoms with E-state index in [0.29, 0.717) is 6.04 Å². The number of hydrogen-bond donors (Lipinski definition) is 0. The predicted molar refractivity (Wildman–Crippen MR) is 131 cm³/mol. The van der Waals surface area contributed by atoms with Gasteiger partial charge < -0.3 is 0 Å². The Morgan fingerprint density at radius 3 is 1.83 bits per heavy atom. The van der Waals surface area contributed by atoms with Crippen LogP contribution in [0.1, 0.15) is 134 Å². The van der Waals surface area contributed by atoms with Crippen molar-refractivity contribution >= 4 is 0 Å². The van der Waals surface area contributed by atoms with Crippen LogP contribution in [-0.2, 0) is 6.54 Å². The van der Waals surface area contributed by atoms with Crippen LogP contribution in [0, 0.1) is 0 Å². The molecule has 1 aliphatic rings. The van der Waals surface area contributed by atoms with E-state index in [4.69, 9.17) is 0 Å². The van der Waals surface area contributed by atoms with Gasteiger partial charge in [-0.15, -0.1) is 0 Å². The zero-order chi connectivity index (χ0) is 21.3. The molecular weight excluding hydrogens is 364 g/mol. The average Bonchev–Trinajstić information content (AvgIpc) is 3.19. The van der Waals surface area contributed by atoms with Gasteiger partial charge in [0, 0.05) is 24.1 Å². The maximum absolute atomic E-state index is 2.51. The van der Waals surface area contributed by atoms with Crippen LogP contribution in [0.4, 0.5) is 0 Å². The van der Waals surface area contributed by atoms with Crippen LogP contribution in [0.2, 0.25) is 0 Å². The molecule has 2 heteroatoms. The van der Waals surface area contributed by atoms with Gasteiger partial charge in [-0.1, -0.05) is 96.8 Å². The summed E-state index contributed by atoms with van der Waals surface area (Å²) in [4.78, 5) is 2.51. The lowest BCUT2D eigenvalue weighted by Gasteiger charge is -2.18. The Morgan fingerprint density at radius 2 is 1.33 bits per heavy atom. The van der Waals surface area contributed by atoms with Gasteiger partial charge >= 0.3 is 0 Å². The molecule has 2 rings (SSSR count). The summed E-state index contributed by atoms with van der Waals surface area (Å²) in [6, 6.07) is 5.20. The smallest absolute Gasteiger partial charge is 0.173 e. The highest BCUT2D eigenvalue weighted by atomic mass is 15.1. The van der Waals surface area contributed by atoms with E-state index in [9.17, 15) is 0 Å². The first-order valence-electron chi connectivity index (χ1n) is 13.5. The Labute approximate surface area is 188 Å². The van der Waals surface area contributed by atoms with Crippen molar-refractivity contribution in [2.75, 3.05) is 13.6 Å². The lowest BCUT2D eigenvalue weighted by atomic mass is 10.0. The fourth-order valence-electron chi connectivity index (χ4n) is 5.05. The van der Waals surface area contributed by atoms with E-state index in [1.54, 1.807) is 0 Å². The van der Waals surface area contributed by atoms with Gasteiger partial charge in [-0.3, -0.25) is 4.90 Å². The number of likely N-dealkylation sites (tertiary alicyclic amines) is 1. The lowest BCUT2D eigenvalue weighted by molar-refractivity contribution is -0.697. The number of hydrogen-bond acceptors (Lipinski definition) is 1. The standard InChI is InChI=1S/C28H51N2/c1-3-4-5-6-7-8-9-10-11-12-13-14-15-16-17-18-24-30-25-19-21-27(26-30)28-22-20-23-29(28)2/h19,21,25-26,28H,3-18,20,22-24H2,1-2H3/q+1. The first kappa shape index (κ1) is 25.4. The first-order valence-corrected chi connectivity index (χ1v) is 13.5. The van der Waals surface area contributed by atoms with E-state index in [1.165, 1.54) is 134 Å². The highest BCUT2D eigenvalue weighted by Crippen LogP contribution is 2.29. The van der Waals surface area contributed by atoms with Crippen LogP contribution in [0.3, 0.4) is 0 Å². The largest absolute Gasteiger partial charge is 0.299 e. The summed E-state index contributed by atoms with van der Waals surface area (Å²) in [7, 11) is 2.27. The molecule has 1 atom stereocenters. The minimum absolute atomic E-state index is 0.642. The molecule has 2 heterocycles. The van der Waals surface area contributed by atoms with Crippen molar-refractivity contribution in [3.8, 4) is 0 Å². The SMILES string of the molecule is CCCCCCCCCCCCCCCCCC[n+]1cccc(C2CCCN2C)c1. The number of rotatable bonds is 18. The molecule has 2 nitrogen and oxygen atoms in total. The number of pyridine rings is 1. The van der Waals surface area contributed by atoms with E-state index >= 15 is 0 Å². The predicted octanol–water partition coefficient (Wildman–Crippen LogP) is 8.00. The number of unbranched alkanes of at least 4 members (excludes halogenated alkanes) is 15. The van der Waals surface area contributed by atoms with Crippen LogP contribution in [0.25, 0.3) is 0 Å². The van der Waals surface area contributed by atoms with Gasteiger partial charge in [0.25, 0.3) is 0 Å². The number of aromatic nitrogens is 1. The highest BCUT2D eigenvalue weighted by molar-refractivity contribution is 5.12. The van der Waals surface area contributed by atoms with Gasteiger partial charge in [-0.05, 0) is 38.9 Å². The molecule has 0 aliphatic carbocycles. The van der Waals surface area contributed by atoms with E-state index in [-0.39, 0.29) is 0 Å². The Balaban J connectivity index is 1.38. The van der Waals surface area contributed by atoms with Crippen LogP contribution >= 0.6 is 0 Å². The van der Waals surface area contributed by atoms with E-state index in [1.807, 2.05) is 0 Å². The highest BCUT2D eigenvalue weighted by Gasteiger charge is 2.24. The molecule has 0 amide bonds. The second-order valence-corrected chi connectivity index (χ2v) is 9.82. The zero-order valence-electron chi connectivity index (χ0n) is 20.4. The third-order valence-electron chi connectivity index (χ3n) is 7.06. The van der Waals surface area contributed by atoms with Gasteiger partial charge in [0.2, 0.25) is 0 Å².